The number of nitrogens with one attached hydrogen (secondary N) is 1. The average molecular weight is 414 g/mol. The fourth-order valence-corrected chi connectivity index (χ4v) is 3.96. The van der Waals surface area contributed by atoms with Gasteiger partial charge in [0.15, 0.2) is 16.8 Å². The minimum atomic E-state index is -0.425. The lowest BCUT2D eigenvalue weighted by molar-refractivity contribution is 0.0525. The zero-order valence-corrected chi connectivity index (χ0v) is 17.8. The van der Waals surface area contributed by atoms with E-state index < -0.39 is 11.2 Å². The first-order valence-corrected chi connectivity index (χ1v) is 10.1. The number of rotatable bonds is 7. The number of esters is 1. The molecule has 0 aliphatic rings. The monoisotopic (exact) mass is 413 g/mol. The Hall–Kier alpha value is -2.94. The van der Waals surface area contributed by atoms with E-state index in [1.807, 2.05) is 30.7 Å². The van der Waals surface area contributed by atoms with Crippen molar-refractivity contribution in [2.75, 3.05) is 6.61 Å². The molecule has 0 aliphatic heterocycles. The van der Waals surface area contributed by atoms with Crippen LogP contribution >= 0.6 is 11.8 Å². The summed E-state index contributed by atoms with van der Waals surface area (Å²) < 4.78 is 6.93. The van der Waals surface area contributed by atoms with Crippen LogP contribution in [0.15, 0.2) is 29.7 Å². The summed E-state index contributed by atoms with van der Waals surface area (Å²) in [5.74, 6) is 0.140. The van der Waals surface area contributed by atoms with Crippen LogP contribution in [0.2, 0.25) is 0 Å². The lowest BCUT2D eigenvalue weighted by Gasteiger charge is -2.10. The summed E-state index contributed by atoms with van der Waals surface area (Å²) in [6.45, 7) is 7.36. The van der Waals surface area contributed by atoms with E-state index in [-0.39, 0.29) is 12.4 Å². The number of hydrogen-bond acceptors (Lipinski definition) is 7. The second kappa shape index (κ2) is 8.60. The molecule has 29 heavy (non-hydrogen) atoms. The third-order valence-corrected chi connectivity index (χ3v) is 5.70. The first-order chi connectivity index (χ1) is 13.8. The smallest absolute Gasteiger partial charge is 0.340 e. The number of nitrogens with zero attached hydrogens (tertiary/aromatic N) is 4. The van der Waals surface area contributed by atoms with E-state index in [4.69, 9.17) is 4.74 Å². The van der Waals surface area contributed by atoms with E-state index in [1.165, 1.54) is 11.8 Å². The van der Waals surface area contributed by atoms with Gasteiger partial charge in [-0.25, -0.2) is 4.79 Å². The molecular weight excluding hydrogens is 390 g/mol. The molecule has 3 aromatic heterocycles. The summed E-state index contributed by atoms with van der Waals surface area (Å²) >= 11 is 1.31. The van der Waals surface area contributed by atoms with Crippen LogP contribution in [0.3, 0.4) is 0 Å². The number of ether oxygens (including phenoxy) is 1. The Kier molecular flexibility index (Phi) is 6.17. The number of pyridine rings is 1. The van der Waals surface area contributed by atoms with Gasteiger partial charge in [-0.3, -0.25) is 9.78 Å². The third-order valence-electron chi connectivity index (χ3n) is 4.57. The molecule has 0 amide bonds. The van der Waals surface area contributed by atoms with Gasteiger partial charge in [-0.2, -0.15) is 0 Å². The van der Waals surface area contributed by atoms with Crippen molar-refractivity contribution >= 4 is 23.5 Å². The number of aromatic nitrogens is 5. The summed E-state index contributed by atoms with van der Waals surface area (Å²) in [6.07, 6.45) is 3.41. The maximum Gasteiger partial charge on any atom is 0.340 e. The Morgan fingerprint density at radius 1 is 1.31 bits per heavy atom. The van der Waals surface area contributed by atoms with Gasteiger partial charge in [0.05, 0.1) is 23.1 Å². The molecule has 1 N–H and O–H groups in total. The number of aromatic amines is 1. The van der Waals surface area contributed by atoms with E-state index in [2.05, 4.69) is 20.2 Å². The number of carbonyl (C=O) groups is 2. The van der Waals surface area contributed by atoms with Crippen molar-refractivity contribution in [3.8, 4) is 11.4 Å². The van der Waals surface area contributed by atoms with Crippen molar-refractivity contribution in [3.05, 3.63) is 47.0 Å². The Morgan fingerprint density at radius 3 is 2.72 bits per heavy atom. The van der Waals surface area contributed by atoms with Gasteiger partial charge >= 0.3 is 5.97 Å². The molecule has 3 aromatic rings. The van der Waals surface area contributed by atoms with Crippen molar-refractivity contribution in [2.24, 2.45) is 7.05 Å². The standard InChI is InChI=1S/C20H23N5O3S/c1-6-28-19(27)15-11(2)16(22-12(15)3)17(26)13(4)29-20-24-23-18(25(20)5)14-8-7-9-21-10-14/h7-10,13,22H,6H2,1-5H3. The van der Waals surface area contributed by atoms with Crippen molar-refractivity contribution in [1.82, 2.24) is 24.7 Å². The molecule has 0 radical (unpaired) electrons. The maximum atomic E-state index is 13.0. The van der Waals surface area contributed by atoms with E-state index in [0.29, 0.717) is 33.5 Å². The van der Waals surface area contributed by atoms with Crippen LogP contribution in [-0.2, 0) is 11.8 Å². The first kappa shape index (κ1) is 20.8. The topological polar surface area (TPSA) is 103 Å². The van der Waals surface area contributed by atoms with Gasteiger partial charge in [0.25, 0.3) is 0 Å². The molecule has 9 heteroatoms. The summed E-state index contributed by atoms with van der Waals surface area (Å²) in [5, 5.41) is 8.64. The largest absolute Gasteiger partial charge is 0.462 e. The Morgan fingerprint density at radius 2 is 2.07 bits per heavy atom. The molecular formula is C20H23N5O3S. The molecule has 8 nitrogen and oxygen atoms in total. The lowest BCUT2D eigenvalue weighted by Crippen LogP contribution is -2.16. The van der Waals surface area contributed by atoms with E-state index >= 15 is 0 Å². The summed E-state index contributed by atoms with van der Waals surface area (Å²) in [4.78, 5) is 32.4. The van der Waals surface area contributed by atoms with Crippen LogP contribution in [0.5, 0.6) is 0 Å². The molecule has 0 saturated heterocycles. The first-order valence-electron chi connectivity index (χ1n) is 9.22. The fraction of sp³-hybridized carbons (Fsp3) is 0.350. The molecule has 0 aliphatic carbocycles. The summed E-state index contributed by atoms with van der Waals surface area (Å²) in [6, 6.07) is 3.74. The van der Waals surface area contributed by atoms with Gasteiger partial charge in [-0.05, 0) is 45.4 Å². The molecule has 0 aromatic carbocycles. The van der Waals surface area contributed by atoms with Crippen LogP contribution in [0.4, 0.5) is 0 Å². The number of ketones is 1. The van der Waals surface area contributed by atoms with E-state index in [9.17, 15) is 9.59 Å². The highest BCUT2D eigenvalue weighted by atomic mass is 32.2. The van der Waals surface area contributed by atoms with Gasteiger partial charge in [-0.15, -0.1) is 10.2 Å². The summed E-state index contributed by atoms with van der Waals surface area (Å²) in [5.41, 5.74) is 2.92. The average Bonchev–Trinajstić information content (AvgIpc) is 3.21. The highest BCUT2D eigenvalue weighted by Crippen LogP contribution is 2.29. The fourth-order valence-electron chi connectivity index (χ4n) is 3.08. The zero-order valence-electron chi connectivity index (χ0n) is 17.0. The summed E-state index contributed by atoms with van der Waals surface area (Å²) in [7, 11) is 1.85. The van der Waals surface area contributed by atoms with Crippen molar-refractivity contribution in [1.29, 1.82) is 0 Å². The van der Waals surface area contributed by atoms with Gasteiger partial charge in [-0.1, -0.05) is 11.8 Å². The maximum absolute atomic E-state index is 13.0. The van der Waals surface area contributed by atoms with Crippen molar-refractivity contribution in [3.63, 3.8) is 0 Å². The molecule has 0 saturated carbocycles. The quantitative estimate of drug-likeness (QED) is 0.360. The van der Waals surface area contributed by atoms with Gasteiger partial charge in [0.1, 0.15) is 0 Å². The van der Waals surface area contributed by atoms with Crippen LogP contribution in [0.1, 0.15) is 46.0 Å². The minimum absolute atomic E-state index is 0.114. The number of thioether (sulfide) groups is 1. The number of aryl methyl sites for hydroxylation is 1. The second-order valence-corrected chi connectivity index (χ2v) is 7.88. The van der Waals surface area contributed by atoms with Gasteiger partial charge in [0.2, 0.25) is 0 Å². The van der Waals surface area contributed by atoms with Crippen LogP contribution in [0.25, 0.3) is 11.4 Å². The number of carbonyl (C=O) groups excluding carboxylic acids is 2. The number of H-pyrrole nitrogens is 1. The minimum Gasteiger partial charge on any atom is -0.462 e. The van der Waals surface area contributed by atoms with E-state index in [0.717, 1.165) is 5.56 Å². The van der Waals surface area contributed by atoms with E-state index in [1.54, 1.807) is 33.2 Å². The Balaban J connectivity index is 1.81. The predicted octanol–water partition coefficient (Wildman–Crippen LogP) is 3.36. The van der Waals surface area contributed by atoms with Gasteiger partial charge < -0.3 is 14.3 Å². The molecule has 0 fully saturated rings. The molecule has 3 rings (SSSR count). The highest BCUT2D eigenvalue weighted by molar-refractivity contribution is 8.00. The second-order valence-electron chi connectivity index (χ2n) is 6.58. The molecule has 3 heterocycles. The van der Waals surface area contributed by atoms with Crippen molar-refractivity contribution in [2.45, 2.75) is 38.1 Å². The molecule has 1 atom stereocenters. The third kappa shape index (κ3) is 4.09. The lowest BCUT2D eigenvalue weighted by atomic mass is 10.1. The van der Waals surface area contributed by atoms with Crippen LogP contribution < -0.4 is 0 Å². The van der Waals surface area contributed by atoms with Crippen LogP contribution in [-0.4, -0.2) is 48.3 Å². The van der Waals surface area contributed by atoms with Crippen molar-refractivity contribution < 1.29 is 14.3 Å². The highest BCUT2D eigenvalue weighted by Gasteiger charge is 2.27. The molecule has 1 unspecified atom stereocenters. The SMILES string of the molecule is CCOC(=O)c1c(C)[nH]c(C(=O)C(C)Sc2nnc(-c3cccnc3)n2C)c1C. The molecule has 152 valence electrons. The zero-order chi connectivity index (χ0) is 21.1. The van der Waals surface area contributed by atoms with Gasteiger partial charge in [0, 0.05) is 30.7 Å². The number of hydrogen-bond donors (Lipinski definition) is 1. The molecule has 0 bridgehead atoms. The normalized spacial score (nSPS) is 12.0. The van der Waals surface area contributed by atoms with Crippen LogP contribution in [0, 0.1) is 13.8 Å². The Labute approximate surface area is 173 Å². The Bertz CT molecular complexity index is 1040. The molecule has 0 spiro atoms. The number of Topliss-reactive ketones (excluding diaryl/α,β-unsaturated/α-hetero) is 1. The predicted molar refractivity (Wildman–Crippen MR) is 110 cm³/mol.